The van der Waals surface area contributed by atoms with Gasteiger partial charge >= 0.3 is 5.97 Å². The van der Waals surface area contributed by atoms with Crippen molar-refractivity contribution in [2.24, 2.45) is 0 Å². The van der Waals surface area contributed by atoms with Crippen LogP contribution in [0.1, 0.15) is 26.2 Å². The Balaban J connectivity index is 1.80. The molecule has 2 rings (SSSR count). The number of hydrogen-bond acceptors (Lipinski definition) is 6. The molecule has 2 heterocycles. The molecule has 1 aliphatic heterocycles. The van der Waals surface area contributed by atoms with Crippen molar-refractivity contribution >= 4 is 11.9 Å². The zero-order chi connectivity index (χ0) is 14.4. The third-order valence-corrected chi connectivity index (χ3v) is 2.95. The first-order valence-electron chi connectivity index (χ1n) is 6.77. The summed E-state index contributed by atoms with van der Waals surface area (Å²) in [7, 11) is 0. The van der Waals surface area contributed by atoms with Crippen LogP contribution in [0.15, 0.2) is 12.3 Å². The van der Waals surface area contributed by atoms with E-state index < -0.39 is 12.1 Å². The first-order valence-corrected chi connectivity index (χ1v) is 6.77. The Kier molecular flexibility index (Phi) is 5.11. The van der Waals surface area contributed by atoms with Crippen LogP contribution < -0.4 is 10.1 Å². The Morgan fingerprint density at radius 3 is 3.15 bits per heavy atom. The number of aromatic nitrogens is 2. The lowest BCUT2D eigenvalue weighted by molar-refractivity contribution is -0.149. The van der Waals surface area contributed by atoms with E-state index in [0.29, 0.717) is 31.4 Å². The van der Waals surface area contributed by atoms with Crippen molar-refractivity contribution < 1.29 is 19.4 Å². The zero-order valence-electron chi connectivity index (χ0n) is 11.4. The molecule has 2 atom stereocenters. The largest absolute Gasteiger partial charge is 0.479 e. The highest BCUT2D eigenvalue weighted by atomic mass is 16.5. The van der Waals surface area contributed by atoms with Crippen LogP contribution >= 0.6 is 0 Å². The van der Waals surface area contributed by atoms with Gasteiger partial charge in [0.1, 0.15) is 0 Å². The Hall–Kier alpha value is -1.89. The lowest BCUT2D eigenvalue weighted by Crippen LogP contribution is -2.25. The average molecular weight is 281 g/mol. The first kappa shape index (κ1) is 14.5. The van der Waals surface area contributed by atoms with Gasteiger partial charge in [0, 0.05) is 18.8 Å². The van der Waals surface area contributed by atoms with Crippen LogP contribution in [-0.4, -0.2) is 46.4 Å². The Bertz CT molecular complexity index is 455. The third-order valence-electron chi connectivity index (χ3n) is 2.95. The fourth-order valence-corrected chi connectivity index (χ4v) is 1.96. The highest BCUT2D eigenvalue weighted by molar-refractivity contribution is 5.72. The van der Waals surface area contributed by atoms with Crippen molar-refractivity contribution in [2.75, 3.05) is 18.5 Å². The maximum atomic E-state index is 10.8. The number of ether oxygens (including phenoxy) is 2. The second kappa shape index (κ2) is 7.04. The van der Waals surface area contributed by atoms with E-state index in [9.17, 15) is 4.79 Å². The molecule has 7 nitrogen and oxygen atoms in total. The van der Waals surface area contributed by atoms with Gasteiger partial charge in [-0.3, -0.25) is 0 Å². The molecule has 0 bridgehead atoms. The van der Waals surface area contributed by atoms with E-state index in [1.807, 2.05) is 6.92 Å². The van der Waals surface area contributed by atoms with Crippen LogP contribution in [0.5, 0.6) is 5.88 Å². The molecule has 1 saturated heterocycles. The van der Waals surface area contributed by atoms with Gasteiger partial charge < -0.3 is 19.9 Å². The van der Waals surface area contributed by atoms with Gasteiger partial charge in [-0.15, -0.1) is 0 Å². The lowest BCUT2D eigenvalue weighted by atomic mass is 10.2. The minimum atomic E-state index is -0.904. The normalized spacial score (nSPS) is 21.6. The maximum Gasteiger partial charge on any atom is 0.332 e. The minimum Gasteiger partial charge on any atom is -0.479 e. The highest BCUT2D eigenvalue weighted by Gasteiger charge is 2.30. The smallest absolute Gasteiger partial charge is 0.332 e. The molecule has 0 amide bonds. The van der Waals surface area contributed by atoms with Gasteiger partial charge in [0.25, 0.3) is 0 Å². The van der Waals surface area contributed by atoms with Crippen molar-refractivity contribution in [3.63, 3.8) is 0 Å². The van der Waals surface area contributed by atoms with Crippen molar-refractivity contribution in [3.05, 3.63) is 12.3 Å². The number of nitrogens with zero attached hydrogens (tertiary/aromatic N) is 2. The van der Waals surface area contributed by atoms with E-state index in [1.165, 1.54) is 0 Å². The van der Waals surface area contributed by atoms with Crippen LogP contribution in [-0.2, 0) is 9.53 Å². The molecule has 1 aromatic heterocycles. The number of nitrogens with one attached hydrogen (secondary N) is 1. The Morgan fingerprint density at radius 1 is 1.60 bits per heavy atom. The number of anilines is 1. The molecule has 0 aromatic carbocycles. The fourth-order valence-electron chi connectivity index (χ4n) is 1.96. The summed E-state index contributed by atoms with van der Waals surface area (Å²) in [6.07, 6.45) is 2.98. The quantitative estimate of drug-likeness (QED) is 0.778. The highest BCUT2D eigenvalue weighted by Crippen LogP contribution is 2.20. The van der Waals surface area contributed by atoms with E-state index in [0.717, 1.165) is 12.8 Å². The van der Waals surface area contributed by atoms with Crippen LogP contribution in [0.4, 0.5) is 5.95 Å². The third kappa shape index (κ3) is 4.06. The van der Waals surface area contributed by atoms with Crippen molar-refractivity contribution in [2.45, 2.75) is 38.4 Å². The summed E-state index contributed by atoms with van der Waals surface area (Å²) in [5.41, 5.74) is 0. The van der Waals surface area contributed by atoms with Gasteiger partial charge in [0.15, 0.2) is 6.10 Å². The van der Waals surface area contributed by atoms with E-state index in [1.54, 1.807) is 12.3 Å². The standard InChI is InChI=1S/C13H19N3O4/c1-2-7-19-11-5-6-14-13(16-11)15-8-9-3-4-10(20-9)12(17)18/h5-6,9-10H,2-4,7-8H2,1H3,(H,17,18)(H,14,15,16). The van der Waals surface area contributed by atoms with Gasteiger partial charge in [0.05, 0.1) is 12.7 Å². The number of hydrogen-bond donors (Lipinski definition) is 2. The van der Waals surface area contributed by atoms with E-state index in [2.05, 4.69) is 15.3 Å². The van der Waals surface area contributed by atoms with Crippen molar-refractivity contribution in [1.29, 1.82) is 0 Å². The second-order valence-electron chi connectivity index (χ2n) is 4.61. The van der Waals surface area contributed by atoms with Crippen LogP contribution in [0.25, 0.3) is 0 Å². The second-order valence-corrected chi connectivity index (χ2v) is 4.61. The first-order chi connectivity index (χ1) is 9.69. The van der Waals surface area contributed by atoms with Crippen molar-refractivity contribution in [1.82, 2.24) is 9.97 Å². The molecular formula is C13H19N3O4. The van der Waals surface area contributed by atoms with Gasteiger partial charge in [-0.1, -0.05) is 6.92 Å². The zero-order valence-corrected chi connectivity index (χ0v) is 11.4. The summed E-state index contributed by atoms with van der Waals surface area (Å²) >= 11 is 0. The summed E-state index contributed by atoms with van der Waals surface area (Å²) in [6.45, 7) is 3.13. The predicted octanol–water partition coefficient (Wildman–Crippen LogP) is 1.31. The Labute approximate surface area is 117 Å². The average Bonchev–Trinajstić information content (AvgIpc) is 2.92. The Morgan fingerprint density at radius 2 is 2.45 bits per heavy atom. The maximum absolute atomic E-state index is 10.8. The number of carboxylic acids is 1. The molecule has 0 aliphatic carbocycles. The fraction of sp³-hybridized carbons (Fsp3) is 0.615. The molecule has 20 heavy (non-hydrogen) atoms. The van der Waals surface area contributed by atoms with E-state index in [-0.39, 0.29) is 6.10 Å². The van der Waals surface area contributed by atoms with Crippen LogP contribution in [0.3, 0.4) is 0 Å². The minimum absolute atomic E-state index is 0.125. The van der Waals surface area contributed by atoms with Gasteiger partial charge in [0.2, 0.25) is 11.8 Å². The molecule has 0 radical (unpaired) electrons. The molecule has 2 N–H and O–H groups in total. The van der Waals surface area contributed by atoms with E-state index >= 15 is 0 Å². The number of aliphatic carboxylic acids is 1. The molecular weight excluding hydrogens is 262 g/mol. The molecule has 0 spiro atoms. The summed E-state index contributed by atoms with van der Waals surface area (Å²) in [5, 5.41) is 11.9. The lowest BCUT2D eigenvalue weighted by Gasteiger charge is -2.12. The molecule has 2 unspecified atom stereocenters. The van der Waals surface area contributed by atoms with Gasteiger partial charge in [-0.05, 0) is 19.3 Å². The van der Waals surface area contributed by atoms with Crippen LogP contribution in [0, 0.1) is 0 Å². The molecule has 110 valence electrons. The van der Waals surface area contributed by atoms with Crippen molar-refractivity contribution in [3.8, 4) is 5.88 Å². The summed E-state index contributed by atoms with van der Waals surface area (Å²) in [5.74, 6) is 0.0831. The number of rotatable bonds is 7. The molecule has 7 heteroatoms. The molecule has 1 aromatic rings. The topological polar surface area (TPSA) is 93.6 Å². The number of carbonyl (C=O) groups is 1. The summed E-state index contributed by atoms with van der Waals surface area (Å²) < 4.78 is 10.8. The van der Waals surface area contributed by atoms with E-state index in [4.69, 9.17) is 14.6 Å². The molecule has 0 saturated carbocycles. The summed E-state index contributed by atoms with van der Waals surface area (Å²) in [6, 6.07) is 1.70. The predicted molar refractivity (Wildman–Crippen MR) is 71.8 cm³/mol. The molecule has 1 aliphatic rings. The summed E-state index contributed by atoms with van der Waals surface area (Å²) in [4.78, 5) is 19.1. The SMILES string of the molecule is CCCOc1ccnc(NCC2CCC(C(=O)O)O2)n1. The van der Waals surface area contributed by atoms with Gasteiger partial charge in [-0.2, -0.15) is 4.98 Å². The monoisotopic (exact) mass is 281 g/mol. The van der Waals surface area contributed by atoms with Gasteiger partial charge in [-0.25, -0.2) is 9.78 Å². The number of carboxylic acid groups (broad SMARTS) is 1. The van der Waals surface area contributed by atoms with Crippen LogP contribution in [0.2, 0.25) is 0 Å². The molecule has 1 fully saturated rings.